The summed E-state index contributed by atoms with van der Waals surface area (Å²) in [4.78, 5) is 50.7. The monoisotopic (exact) mass is 736 g/mol. The van der Waals surface area contributed by atoms with E-state index in [1.165, 1.54) is 27.6 Å². The Balaban J connectivity index is 1.48. The standard InChI is InChI=1S/C37H48N6O6S2/c1-24(2)33(42-36(47)43(23-44)19-29-21-50-35(40-29)25(3)4)34(46)39-28(15-26-11-7-5-8-12-26)17-32(45)31(16-27-13-9-6-10-14-27)41-37(48)49-20-30-18-38-22-51-30/h5-14,18,21-22,24-25,28,31-33,44-45H,15-17,19-20,23H2,1-4H3,(H,39,46)(H,41,48)(H,42,47)/t28-,31-,32-,33-/m0/s1. The second-order valence-electron chi connectivity index (χ2n) is 13.0. The minimum absolute atomic E-state index is 0.0517. The molecule has 0 aliphatic carbocycles. The van der Waals surface area contributed by atoms with Crippen molar-refractivity contribution in [3.05, 3.63) is 104 Å². The number of thiazole rings is 2. The molecule has 0 fully saturated rings. The van der Waals surface area contributed by atoms with E-state index < -0.39 is 49.0 Å². The van der Waals surface area contributed by atoms with Crippen molar-refractivity contribution in [2.45, 2.75) is 90.3 Å². The lowest BCUT2D eigenvalue weighted by Gasteiger charge is -2.31. The van der Waals surface area contributed by atoms with E-state index in [0.717, 1.165) is 21.0 Å². The van der Waals surface area contributed by atoms with Crippen molar-refractivity contribution >= 4 is 40.7 Å². The van der Waals surface area contributed by atoms with Crippen LogP contribution >= 0.6 is 22.7 Å². The van der Waals surface area contributed by atoms with E-state index in [1.807, 2.05) is 93.7 Å². The smallest absolute Gasteiger partial charge is 0.407 e. The molecule has 12 nitrogen and oxygen atoms in total. The molecule has 2 aromatic heterocycles. The van der Waals surface area contributed by atoms with Crippen molar-refractivity contribution in [1.82, 2.24) is 30.8 Å². The Bertz CT molecular complexity index is 1640. The number of aliphatic hydroxyl groups excluding tert-OH is 2. The summed E-state index contributed by atoms with van der Waals surface area (Å²) in [6, 6.07) is 16.2. The molecule has 0 bridgehead atoms. The molecule has 0 spiro atoms. The molecule has 4 aromatic rings. The predicted octanol–water partition coefficient (Wildman–Crippen LogP) is 5.23. The van der Waals surface area contributed by atoms with Gasteiger partial charge in [-0.25, -0.2) is 14.6 Å². The number of aliphatic hydroxyl groups is 2. The van der Waals surface area contributed by atoms with Gasteiger partial charge in [0.05, 0.1) is 39.8 Å². The summed E-state index contributed by atoms with van der Waals surface area (Å²) in [7, 11) is 0. The van der Waals surface area contributed by atoms with Crippen LogP contribution in [0.4, 0.5) is 9.59 Å². The molecule has 51 heavy (non-hydrogen) atoms. The first kappa shape index (κ1) is 39.4. The van der Waals surface area contributed by atoms with Gasteiger partial charge in [0.1, 0.15) is 19.4 Å². The lowest BCUT2D eigenvalue weighted by atomic mass is 9.93. The Labute approximate surface area is 307 Å². The zero-order chi connectivity index (χ0) is 36.8. The summed E-state index contributed by atoms with van der Waals surface area (Å²) in [5, 5.41) is 33.2. The van der Waals surface area contributed by atoms with Crippen LogP contribution in [0.1, 0.15) is 66.7 Å². The van der Waals surface area contributed by atoms with E-state index >= 15 is 0 Å². The van der Waals surface area contributed by atoms with E-state index in [0.29, 0.717) is 18.5 Å². The Hall–Kier alpha value is -4.37. The summed E-state index contributed by atoms with van der Waals surface area (Å²) >= 11 is 2.87. The summed E-state index contributed by atoms with van der Waals surface area (Å²) in [5.74, 6) is -0.495. The first-order chi connectivity index (χ1) is 24.5. The van der Waals surface area contributed by atoms with E-state index in [4.69, 9.17) is 4.74 Å². The number of benzene rings is 2. The lowest BCUT2D eigenvalue weighted by molar-refractivity contribution is -0.124. The van der Waals surface area contributed by atoms with Gasteiger partial charge in [0.15, 0.2) is 0 Å². The Morgan fingerprint density at radius 1 is 0.902 bits per heavy atom. The van der Waals surface area contributed by atoms with Crippen molar-refractivity contribution in [1.29, 1.82) is 0 Å². The highest BCUT2D eigenvalue weighted by Crippen LogP contribution is 2.20. The fourth-order valence-corrected chi connectivity index (χ4v) is 6.77. The normalized spacial score (nSPS) is 13.6. The molecule has 5 N–H and O–H groups in total. The number of urea groups is 1. The molecule has 2 heterocycles. The maximum atomic E-state index is 13.9. The van der Waals surface area contributed by atoms with Crippen LogP contribution in [0.25, 0.3) is 0 Å². The van der Waals surface area contributed by atoms with Gasteiger partial charge in [0.25, 0.3) is 0 Å². The van der Waals surface area contributed by atoms with Crippen molar-refractivity contribution in [3.8, 4) is 0 Å². The average Bonchev–Trinajstić information content (AvgIpc) is 3.82. The molecule has 2 aromatic carbocycles. The molecule has 0 radical (unpaired) electrons. The van der Waals surface area contributed by atoms with Gasteiger partial charge in [-0.2, -0.15) is 0 Å². The number of rotatable bonds is 18. The van der Waals surface area contributed by atoms with Crippen molar-refractivity contribution in [2.24, 2.45) is 5.92 Å². The molecule has 0 aliphatic rings. The minimum atomic E-state index is -1.08. The molecular formula is C37H48N6O6S2. The summed E-state index contributed by atoms with van der Waals surface area (Å²) in [6.07, 6.45) is 0.672. The summed E-state index contributed by atoms with van der Waals surface area (Å²) < 4.78 is 5.42. The Morgan fingerprint density at radius 3 is 2.14 bits per heavy atom. The predicted molar refractivity (Wildman–Crippen MR) is 198 cm³/mol. The van der Waals surface area contributed by atoms with Gasteiger partial charge in [-0.3, -0.25) is 14.7 Å². The number of alkyl carbamates (subject to hydrolysis) is 1. The van der Waals surface area contributed by atoms with Crippen LogP contribution in [0.2, 0.25) is 0 Å². The highest BCUT2D eigenvalue weighted by atomic mass is 32.1. The number of carbonyl (C=O) groups excluding carboxylic acids is 3. The highest BCUT2D eigenvalue weighted by Gasteiger charge is 2.31. The third-order valence-electron chi connectivity index (χ3n) is 8.19. The maximum absolute atomic E-state index is 13.9. The van der Waals surface area contributed by atoms with Gasteiger partial charge in [-0.15, -0.1) is 22.7 Å². The number of hydrogen-bond acceptors (Lipinski definition) is 10. The van der Waals surface area contributed by atoms with Gasteiger partial charge in [0, 0.05) is 23.5 Å². The zero-order valence-electron chi connectivity index (χ0n) is 29.4. The Kier molecular flexibility index (Phi) is 15.4. The van der Waals surface area contributed by atoms with E-state index in [1.54, 1.807) is 11.7 Å². The molecular weight excluding hydrogens is 689 g/mol. The SMILES string of the molecule is CC(C)c1nc(CN(CO)C(=O)N[C@H](C(=O)N[C@@H](Cc2ccccc2)C[C@H](O)[C@H](Cc2ccccc2)NC(=O)OCc2cncs2)C(C)C)cs1. The summed E-state index contributed by atoms with van der Waals surface area (Å²) in [5.41, 5.74) is 4.15. The van der Waals surface area contributed by atoms with Gasteiger partial charge < -0.3 is 30.9 Å². The molecule has 4 rings (SSSR count). The third kappa shape index (κ3) is 12.7. The van der Waals surface area contributed by atoms with Gasteiger partial charge in [-0.05, 0) is 36.3 Å². The van der Waals surface area contributed by atoms with E-state index in [2.05, 4.69) is 25.9 Å². The number of carbonyl (C=O) groups is 3. The molecule has 4 atom stereocenters. The molecule has 14 heteroatoms. The van der Waals surface area contributed by atoms with Gasteiger partial charge >= 0.3 is 12.1 Å². The number of ether oxygens (including phenoxy) is 1. The number of aromatic nitrogens is 2. The fourth-order valence-electron chi connectivity index (χ4n) is 5.43. The fraction of sp³-hybridized carbons (Fsp3) is 0.432. The van der Waals surface area contributed by atoms with Crippen LogP contribution in [0.15, 0.2) is 77.8 Å². The molecule has 0 unspecified atom stereocenters. The van der Waals surface area contributed by atoms with Crippen LogP contribution in [-0.2, 0) is 35.5 Å². The van der Waals surface area contributed by atoms with Crippen LogP contribution in [0, 0.1) is 5.92 Å². The number of hydrogen-bond donors (Lipinski definition) is 5. The van der Waals surface area contributed by atoms with Crippen LogP contribution in [0.3, 0.4) is 0 Å². The largest absolute Gasteiger partial charge is 0.444 e. The number of nitrogens with one attached hydrogen (secondary N) is 3. The van der Waals surface area contributed by atoms with Gasteiger partial charge in [-0.1, -0.05) is 88.4 Å². The Morgan fingerprint density at radius 2 is 1.57 bits per heavy atom. The molecule has 0 aliphatic heterocycles. The quantitative estimate of drug-likeness (QED) is 0.0868. The first-order valence-electron chi connectivity index (χ1n) is 17.0. The summed E-state index contributed by atoms with van der Waals surface area (Å²) in [6.45, 7) is 7.30. The zero-order valence-corrected chi connectivity index (χ0v) is 31.0. The second-order valence-corrected chi connectivity index (χ2v) is 14.9. The van der Waals surface area contributed by atoms with Crippen LogP contribution in [-0.4, -0.2) is 74.1 Å². The van der Waals surface area contributed by atoms with Crippen molar-refractivity contribution in [2.75, 3.05) is 6.73 Å². The van der Waals surface area contributed by atoms with Crippen LogP contribution < -0.4 is 16.0 Å². The molecule has 274 valence electrons. The highest BCUT2D eigenvalue weighted by molar-refractivity contribution is 7.09. The van der Waals surface area contributed by atoms with E-state index in [9.17, 15) is 24.6 Å². The van der Waals surface area contributed by atoms with Crippen LogP contribution in [0.5, 0.6) is 0 Å². The van der Waals surface area contributed by atoms with Crippen molar-refractivity contribution < 1.29 is 29.3 Å². The minimum Gasteiger partial charge on any atom is -0.444 e. The molecule has 0 saturated carbocycles. The third-order valence-corrected chi connectivity index (χ3v) is 10.1. The lowest BCUT2D eigenvalue weighted by Crippen LogP contribution is -2.56. The van der Waals surface area contributed by atoms with Crippen molar-refractivity contribution in [3.63, 3.8) is 0 Å². The molecule has 4 amide bonds. The van der Waals surface area contributed by atoms with E-state index in [-0.39, 0.29) is 31.4 Å². The second kappa shape index (κ2) is 19.9. The van der Waals surface area contributed by atoms with Gasteiger partial charge in [0.2, 0.25) is 5.91 Å². The maximum Gasteiger partial charge on any atom is 0.407 e. The number of nitrogens with zero attached hydrogens (tertiary/aromatic N) is 3. The topological polar surface area (TPSA) is 166 Å². The number of amides is 4. The molecule has 0 saturated heterocycles. The average molecular weight is 737 g/mol. The first-order valence-corrected chi connectivity index (χ1v) is 18.8.